The summed E-state index contributed by atoms with van der Waals surface area (Å²) in [5.74, 6) is -2.42. The van der Waals surface area contributed by atoms with Crippen LogP contribution in [0.2, 0.25) is 0 Å². The molecule has 9 nitrogen and oxygen atoms in total. The van der Waals surface area contributed by atoms with Gasteiger partial charge in [-0.25, -0.2) is 13.8 Å². The minimum atomic E-state index is -1.25. The number of benzene rings is 2. The monoisotopic (exact) mass is 629 g/mol. The Morgan fingerprint density at radius 3 is 2.30 bits per heavy atom. The topological polar surface area (TPSA) is 124 Å². The number of nitrogens with zero attached hydrogens (tertiary/aromatic N) is 2. The van der Waals surface area contributed by atoms with Crippen LogP contribution < -0.4 is 16.0 Å². The SMILES string of the molecule is CCCN(C)C(=O)c1cc(C(=O)N[C@@H](Cc2cc(F)cc(F)c2)[C@H](O)CN[C@@H](C)C(=O)NCC(C)C)cc(-c2nccs2)c1. The molecule has 0 fully saturated rings. The van der Waals surface area contributed by atoms with E-state index in [-0.39, 0.29) is 41.8 Å². The van der Waals surface area contributed by atoms with Gasteiger partial charge in [0.05, 0.1) is 18.2 Å². The fraction of sp³-hybridized carbons (Fsp3) is 0.438. The molecule has 1 aromatic heterocycles. The zero-order valence-electron chi connectivity index (χ0n) is 25.7. The van der Waals surface area contributed by atoms with Gasteiger partial charge in [-0.2, -0.15) is 0 Å². The molecule has 238 valence electrons. The average molecular weight is 630 g/mol. The first-order valence-electron chi connectivity index (χ1n) is 14.6. The Morgan fingerprint density at radius 1 is 1.00 bits per heavy atom. The van der Waals surface area contributed by atoms with E-state index in [1.165, 1.54) is 17.4 Å². The molecule has 0 saturated carbocycles. The predicted octanol–water partition coefficient (Wildman–Crippen LogP) is 4.02. The highest BCUT2D eigenvalue weighted by Gasteiger charge is 2.26. The minimum absolute atomic E-state index is 0.0935. The quantitative estimate of drug-likeness (QED) is 0.201. The van der Waals surface area contributed by atoms with Crippen molar-refractivity contribution in [2.24, 2.45) is 5.92 Å². The van der Waals surface area contributed by atoms with Crippen LogP contribution in [0.25, 0.3) is 10.6 Å². The van der Waals surface area contributed by atoms with Gasteiger partial charge < -0.3 is 26.0 Å². The molecule has 0 aliphatic carbocycles. The Morgan fingerprint density at radius 2 is 1.68 bits per heavy atom. The molecule has 2 aromatic carbocycles. The second-order valence-electron chi connectivity index (χ2n) is 11.3. The fourth-order valence-electron chi connectivity index (χ4n) is 4.54. The van der Waals surface area contributed by atoms with Crippen molar-refractivity contribution in [3.8, 4) is 10.6 Å². The van der Waals surface area contributed by atoms with E-state index in [9.17, 15) is 28.3 Å². The van der Waals surface area contributed by atoms with Gasteiger partial charge in [0.15, 0.2) is 0 Å². The highest BCUT2D eigenvalue weighted by atomic mass is 32.1. The molecule has 0 aliphatic heterocycles. The molecule has 0 unspecified atom stereocenters. The van der Waals surface area contributed by atoms with Crippen molar-refractivity contribution in [3.05, 3.63) is 76.3 Å². The number of hydrogen-bond donors (Lipinski definition) is 4. The van der Waals surface area contributed by atoms with Crippen molar-refractivity contribution >= 4 is 29.1 Å². The van der Waals surface area contributed by atoms with Crippen LogP contribution in [-0.4, -0.2) is 77.6 Å². The molecule has 0 radical (unpaired) electrons. The third-order valence-electron chi connectivity index (χ3n) is 6.90. The molecule has 3 atom stereocenters. The van der Waals surface area contributed by atoms with Crippen molar-refractivity contribution in [3.63, 3.8) is 0 Å². The van der Waals surface area contributed by atoms with E-state index >= 15 is 0 Å². The molecule has 44 heavy (non-hydrogen) atoms. The van der Waals surface area contributed by atoms with Crippen LogP contribution in [0.1, 0.15) is 60.4 Å². The lowest BCUT2D eigenvalue weighted by molar-refractivity contribution is -0.123. The predicted molar refractivity (Wildman–Crippen MR) is 167 cm³/mol. The molecular weight excluding hydrogens is 588 g/mol. The summed E-state index contributed by atoms with van der Waals surface area (Å²) in [6.45, 7) is 8.48. The third-order valence-corrected chi connectivity index (χ3v) is 7.72. The second kappa shape index (κ2) is 16.4. The molecule has 4 N–H and O–H groups in total. The Bertz CT molecular complexity index is 1400. The first-order chi connectivity index (χ1) is 20.9. The number of carbonyl (C=O) groups excluding carboxylic acids is 3. The molecule has 3 amide bonds. The van der Waals surface area contributed by atoms with E-state index in [4.69, 9.17) is 0 Å². The number of carbonyl (C=O) groups is 3. The van der Waals surface area contributed by atoms with E-state index in [2.05, 4.69) is 20.9 Å². The van der Waals surface area contributed by atoms with Gasteiger partial charge in [-0.15, -0.1) is 11.3 Å². The minimum Gasteiger partial charge on any atom is -0.390 e. The smallest absolute Gasteiger partial charge is 0.253 e. The molecule has 0 aliphatic rings. The van der Waals surface area contributed by atoms with Gasteiger partial charge in [0, 0.05) is 61.0 Å². The zero-order chi connectivity index (χ0) is 32.4. The summed E-state index contributed by atoms with van der Waals surface area (Å²) in [7, 11) is 1.68. The van der Waals surface area contributed by atoms with Gasteiger partial charge in [0.25, 0.3) is 11.8 Å². The van der Waals surface area contributed by atoms with Crippen molar-refractivity contribution in [2.45, 2.75) is 58.7 Å². The number of aliphatic hydroxyl groups is 1. The molecule has 3 aromatic rings. The van der Waals surface area contributed by atoms with Crippen molar-refractivity contribution < 1.29 is 28.3 Å². The Balaban J connectivity index is 1.88. The molecule has 12 heteroatoms. The van der Waals surface area contributed by atoms with E-state index in [1.54, 1.807) is 42.6 Å². The molecule has 0 spiro atoms. The average Bonchev–Trinajstić information content (AvgIpc) is 3.52. The highest BCUT2D eigenvalue weighted by Crippen LogP contribution is 2.25. The summed E-state index contributed by atoms with van der Waals surface area (Å²) in [6, 6.07) is 6.12. The molecule has 0 saturated heterocycles. The van der Waals surface area contributed by atoms with Gasteiger partial charge in [0.1, 0.15) is 16.6 Å². The number of nitrogens with one attached hydrogen (secondary N) is 3. The standard InChI is InChI=1S/C32H41F2N5O4S/c1-6-8-39(5)32(43)24-14-22(13-23(15-24)31-35-7-9-44-31)30(42)38-27(12-21-10-25(33)16-26(34)11-21)28(40)18-36-20(4)29(41)37-17-19(2)3/h7,9-11,13-16,19-20,27-28,36,40H,6,8,12,17-18H2,1-5H3,(H,37,41)(H,38,42)/t20-,27-,28+/m0/s1. The molecular formula is C32H41F2N5O4S. The van der Waals surface area contributed by atoms with E-state index in [0.717, 1.165) is 24.6 Å². The maximum atomic E-state index is 14.0. The third kappa shape index (κ3) is 10.2. The summed E-state index contributed by atoms with van der Waals surface area (Å²) in [5.41, 5.74) is 1.25. The highest BCUT2D eigenvalue weighted by molar-refractivity contribution is 7.13. The van der Waals surface area contributed by atoms with Crippen LogP contribution >= 0.6 is 11.3 Å². The van der Waals surface area contributed by atoms with Crippen molar-refractivity contribution in [2.75, 3.05) is 26.7 Å². The maximum absolute atomic E-state index is 14.0. The Labute approximate surface area is 261 Å². The van der Waals surface area contributed by atoms with E-state index in [1.807, 2.05) is 20.8 Å². The number of aromatic nitrogens is 1. The van der Waals surface area contributed by atoms with Gasteiger partial charge in [0.2, 0.25) is 5.91 Å². The van der Waals surface area contributed by atoms with Gasteiger partial charge in [-0.05, 0) is 61.6 Å². The maximum Gasteiger partial charge on any atom is 0.253 e. The lowest BCUT2D eigenvalue weighted by atomic mass is 9.99. The van der Waals surface area contributed by atoms with Crippen LogP contribution in [0.3, 0.4) is 0 Å². The first kappa shape index (κ1) is 34.7. The van der Waals surface area contributed by atoms with E-state index < -0.39 is 35.7 Å². The summed E-state index contributed by atoms with van der Waals surface area (Å²) < 4.78 is 28.0. The number of rotatable bonds is 15. The fourth-order valence-corrected chi connectivity index (χ4v) is 5.16. The van der Waals surface area contributed by atoms with Crippen LogP contribution in [0.5, 0.6) is 0 Å². The van der Waals surface area contributed by atoms with Crippen LogP contribution in [0, 0.1) is 17.6 Å². The second-order valence-corrected chi connectivity index (χ2v) is 12.2. The van der Waals surface area contributed by atoms with Crippen molar-refractivity contribution in [1.29, 1.82) is 0 Å². The van der Waals surface area contributed by atoms with Crippen LogP contribution in [0.4, 0.5) is 8.78 Å². The molecule has 0 bridgehead atoms. The normalized spacial score (nSPS) is 13.3. The number of aliphatic hydroxyl groups excluding tert-OH is 1. The Hall–Kier alpha value is -3.74. The summed E-state index contributed by atoms with van der Waals surface area (Å²) in [4.78, 5) is 45.2. The zero-order valence-corrected chi connectivity index (χ0v) is 26.5. The summed E-state index contributed by atoms with van der Waals surface area (Å²) in [5, 5.41) is 22.1. The summed E-state index contributed by atoms with van der Waals surface area (Å²) >= 11 is 1.36. The number of thiazole rings is 1. The van der Waals surface area contributed by atoms with Gasteiger partial charge in [-0.1, -0.05) is 20.8 Å². The number of hydrogen-bond acceptors (Lipinski definition) is 7. The van der Waals surface area contributed by atoms with Gasteiger partial charge in [-0.3, -0.25) is 14.4 Å². The summed E-state index contributed by atoms with van der Waals surface area (Å²) in [6.07, 6.45) is 1.03. The largest absolute Gasteiger partial charge is 0.390 e. The Kier molecular flexibility index (Phi) is 12.9. The lowest BCUT2D eigenvalue weighted by Crippen LogP contribution is -2.52. The van der Waals surface area contributed by atoms with E-state index in [0.29, 0.717) is 29.2 Å². The first-order valence-corrected chi connectivity index (χ1v) is 15.5. The number of halogens is 2. The van der Waals surface area contributed by atoms with Crippen LogP contribution in [-0.2, 0) is 11.2 Å². The van der Waals surface area contributed by atoms with Crippen LogP contribution in [0.15, 0.2) is 48.0 Å². The molecule has 3 rings (SSSR count). The lowest BCUT2D eigenvalue weighted by Gasteiger charge is -2.26. The van der Waals surface area contributed by atoms with Crippen molar-refractivity contribution in [1.82, 2.24) is 25.8 Å². The van der Waals surface area contributed by atoms with Gasteiger partial charge >= 0.3 is 0 Å². The molecule has 1 heterocycles. The number of amides is 3.